The summed E-state index contributed by atoms with van der Waals surface area (Å²) in [6.07, 6.45) is 2.57. The number of aryl methyl sites for hydroxylation is 1. The molecule has 1 heterocycles. The average molecular weight is 287 g/mol. The van der Waals surface area contributed by atoms with Crippen LogP contribution in [0.4, 0.5) is 0 Å². The fourth-order valence-electron chi connectivity index (χ4n) is 2.63. The lowest BCUT2D eigenvalue weighted by Gasteiger charge is -2.14. The molecule has 0 radical (unpaired) electrons. The SMILES string of the molecule is Cc1cccc(Cc2noc(CC(CN)CC(C)C)n2)c1. The fourth-order valence-corrected chi connectivity index (χ4v) is 2.63. The molecule has 0 aliphatic heterocycles. The van der Waals surface area contributed by atoms with E-state index in [1.165, 1.54) is 11.1 Å². The topological polar surface area (TPSA) is 64.9 Å². The van der Waals surface area contributed by atoms with E-state index in [1.807, 2.05) is 0 Å². The van der Waals surface area contributed by atoms with Crippen molar-refractivity contribution in [3.63, 3.8) is 0 Å². The highest BCUT2D eigenvalue weighted by Crippen LogP contribution is 2.16. The van der Waals surface area contributed by atoms with Crippen molar-refractivity contribution in [2.24, 2.45) is 17.6 Å². The van der Waals surface area contributed by atoms with Crippen molar-refractivity contribution < 1.29 is 4.52 Å². The van der Waals surface area contributed by atoms with Crippen molar-refractivity contribution in [2.75, 3.05) is 6.54 Å². The smallest absolute Gasteiger partial charge is 0.226 e. The summed E-state index contributed by atoms with van der Waals surface area (Å²) in [5.74, 6) is 2.50. The molecule has 2 aromatic rings. The minimum Gasteiger partial charge on any atom is -0.339 e. The monoisotopic (exact) mass is 287 g/mol. The maximum absolute atomic E-state index is 5.83. The zero-order valence-electron chi connectivity index (χ0n) is 13.2. The van der Waals surface area contributed by atoms with Crippen molar-refractivity contribution in [3.05, 3.63) is 47.1 Å². The number of rotatable bonds is 7. The van der Waals surface area contributed by atoms with Gasteiger partial charge in [0.2, 0.25) is 5.89 Å². The first-order valence-corrected chi connectivity index (χ1v) is 7.64. The standard InChI is InChI=1S/C17H25N3O/c1-12(2)7-15(11-18)10-17-19-16(20-21-17)9-14-6-4-5-13(3)8-14/h4-6,8,12,15H,7,9-11,18H2,1-3H3. The van der Waals surface area contributed by atoms with Gasteiger partial charge in [0, 0.05) is 12.8 Å². The van der Waals surface area contributed by atoms with Gasteiger partial charge in [0.1, 0.15) is 0 Å². The van der Waals surface area contributed by atoms with Gasteiger partial charge in [-0.3, -0.25) is 0 Å². The lowest BCUT2D eigenvalue weighted by atomic mass is 9.94. The lowest BCUT2D eigenvalue weighted by molar-refractivity contribution is 0.329. The molecule has 4 heteroatoms. The van der Waals surface area contributed by atoms with Crippen LogP contribution in [0.25, 0.3) is 0 Å². The minimum atomic E-state index is 0.414. The van der Waals surface area contributed by atoms with E-state index in [-0.39, 0.29) is 0 Å². The lowest BCUT2D eigenvalue weighted by Crippen LogP contribution is -2.19. The van der Waals surface area contributed by atoms with Crippen LogP contribution in [0.1, 0.15) is 43.1 Å². The van der Waals surface area contributed by atoms with Crippen LogP contribution < -0.4 is 5.73 Å². The van der Waals surface area contributed by atoms with E-state index in [4.69, 9.17) is 10.3 Å². The largest absolute Gasteiger partial charge is 0.339 e. The molecule has 0 saturated heterocycles. The van der Waals surface area contributed by atoms with Crippen LogP contribution in [-0.2, 0) is 12.8 Å². The fraction of sp³-hybridized carbons (Fsp3) is 0.529. The highest BCUT2D eigenvalue weighted by atomic mass is 16.5. The second-order valence-electron chi connectivity index (χ2n) is 6.21. The maximum atomic E-state index is 5.83. The van der Waals surface area contributed by atoms with Gasteiger partial charge in [-0.25, -0.2) is 0 Å². The number of nitrogens with zero attached hydrogens (tertiary/aromatic N) is 2. The summed E-state index contributed by atoms with van der Waals surface area (Å²) in [5, 5.41) is 4.08. The number of benzene rings is 1. The Kier molecular flexibility index (Phi) is 5.51. The van der Waals surface area contributed by atoms with Crippen LogP contribution in [0.5, 0.6) is 0 Å². The molecule has 4 nitrogen and oxygen atoms in total. The predicted molar refractivity (Wildman–Crippen MR) is 84.0 cm³/mol. The first-order valence-electron chi connectivity index (χ1n) is 7.64. The van der Waals surface area contributed by atoms with Gasteiger partial charge in [-0.15, -0.1) is 0 Å². The zero-order valence-corrected chi connectivity index (χ0v) is 13.2. The van der Waals surface area contributed by atoms with Crippen molar-refractivity contribution in [1.82, 2.24) is 10.1 Å². The van der Waals surface area contributed by atoms with Crippen LogP contribution in [0.3, 0.4) is 0 Å². The Morgan fingerprint density at radius 1 is 1.29 bits per heavy atom. The predicted octanol–water partition coefficient (Wildman–Crippen LogP) is 3.13. The Hall–Kier alpha value is -1.68. The Labute approximate surface area is 126 Å². The molecule has 2 rings (SSSR count). The molecule has 1 atom stereocenters. The van der Waals surface area contributed by atoms with E-state index in [9.17, 15) is 0 Å². The number of hydrogen-bond donors (Lipinski definition) is 1. The Bertz CT molecular complexity index is 563. The van der Waals surface area contributed by atoms with Crippen LogP contribution in [-0.4, -0.2) is 16.7 Å². The molecular weight excluding hydrogens is 262 g/mol. The normalized spacial score (nSPS) is 12.8. The van der Waals surface area contributed by atoms with Crippen LogP contribution in [0, 0.1) is 18.8 Å². The van der Waals surface area contributed by atoms with Crippen LogP contribution in [0.15, 0.2) is 28.8 Å². The summed E-state index contributed by atoms with van der Waals surface area (Å²) in [7, 11) is 0. The van der Waals surface area contributed by atoms with Gasteiger partial charge in [0.15, 0.2) is 5.82 Å². The second kappa shape index (κ2) is 7.36. The average Bonchev–Trinajstić information content (AvgIpc) is 2.84. The summed E-state index contributed by atoms with van der Waals surface area (Å²) in [6.45, 7) is 7.16. The van der Waals surface area contributed by atoms with Crippen LogP contribution in [0.2, 0.25) is 0 Å². The molecule has 114 valence electrons. The molecule has 0 fully saturated rings. The molecule has 2 N–H and O–H groups in total. The van der Waals surface area contributed by atoms with Gasteiger partial charge in [-0.05, 0) is 37.3 Å². The molecule has 0 saturated carbocycles. The van der Waals surface area contributed by atoms with E-state index in [0.29, 0.717) is 30.7 Å². The Morgan fingerprint density at radius 3 is 2.76 bits per heavy atom. The van der Waals surface area contributed by atoms with E-state index in [1.54, 1.807) is 0 Å². The van der Waals surface area contributed by atoms with Gasteiger partial charge in [-0.2, -0.15) is 4.98 Å². The third kappa shape index (κ3) is 4.97. The molecular formula is C17H25N3O. The minimum absolute atomic E-state index is 0.414. The third-order valence-electron chi connectivity index (χ3n) is 3.56. The quantitative estimate of drug-likeness (QED) is 0.849. The molecule has 21 heavy (non-hydrogen) atoms. The molecule has 0 aliphatic carbocycles. The number of nitrogens with two attached hydrogens (primary N) is 1. The highest BCUT2D eigenvalue weighted by molar-refractivity contribution is 5.24. The maximum Gasteiger partial charge on any atom is 0.226 e. The Morgan fingerprint density at radius 2 is 2.10 bits per heavy atom. The van der Waals surface area contributed by atoms with Crippen molar-refractivity contribution in [2.45, 2.75) is 40.0 Å². The van der Waals surface area contributed by atoms with Gasteiger partial charge >= 0.3 is 0 Å². The van der Waals surface area contributed by atoms with E-state index in [0.717, 1.165) is 18.7 Å². The van der Waals surface area contributed by atoms with Gasteiger partial charge in [0.25, 0.3) is 0 Å². The molecule has 0 bridgehead atoms. The van der Waals surface area contributed by atoms with Gasteiger partial charge in [-0.1, -0.05) is 48.8 Å². The second-order valence-corrected chi connectivity index (χ2v) is 6.21. The molecule has 1 aromatic heterocycles. The van der Waals surface area contributed by atoms with Crippen molar-refractivity contribution >= 4 is 0 Å². The van der Waals surface area contributed by atoms with Gasteiger partial charge < -0.3 is 10.3 Å². The summed E-state index contributed by atoms with van der Waals surface area (Å²) in [6, 6.07) is 8.38. The number of aromatic nitrogens is 2. The molecule has 0 aliphatic rings. The summed E-state index contributed by atoms with van der Waals surface area (Å²) < 4.78 is 5.36. The third-order valence-corrected chi connectivity index (χ3v) is 3.56. The van der Waals surface area contributed by atoms with E-state index >= 15 is 0 Å². The highest BCUT2D eigenvalue weighted by Gasteiger charge is 2.15. The summed E-state index contributed by atoms with van der Waals surface area (Å²) in [5.41, 5.74) is 8.28. The summed E-state index contributed by atoms with van der Waals surface area (Å²) >= 11 is 0. The van der Waals surface area contributed by atoms with Gasteiger partial charge in [0.05, 0.1) is 0 Å². The number of hydrogen-bond acceptors (Lipinski definition) is 4. The molecule has 1 aromatic carbocycles. The molecule has 0 spiro atoms. The van der Waals surface area contributed by atoms with Crippen LogP contribution >= 0.6 is 0 Å². The Balaban J connectivity index is 1.97. The zero-order chi connectivity index (χ0) is 15.2. The van der Waals surface area contributed by atoms with Crippen molar-refractivity contribution in [3.8, 4) is 0 Å². The molecule has 0 amide bonds. The first-order chi connectivity index (χ1) is 10.1. The van der Waals surface area contributed by atoms with Crippen molar-refractivity contribution in [1.29, 1.82) is 0 Å². The first kappa shape index (κ1) is 15.7. The molecule has 1 unspecified atom stereocenters. The van der Waals surface area contributed by atoms with E-state index < -0.39 is 0 Å². The summed E-state index contributed by atoms with van der Waals surface area (Å²) in [4.78, 5) is 4.50. The van der Waals surface area contributed by atoms with E-state index in [2.05, 4.69) is 55.2 Å².